The quantitative estimate of drug-likeness (QED) is 0.925. The molecule has 0 unspecified atom stereocenters. The summed E-state index contributed by atoms with van der Waals surface area (Å²) in [6.07, 6.45) is 1.56. The number of anilines is 1. The lowest BCUT2D eigenvalue weighted by atomic mass is 9.92. The van der Waals surface area contributed by atoms with E-state index in [0.717, 1.165) is 6.42 Å². The maximum atomic E-state index is 12.0. The van der Waals surface area contributed by atoms with Gasteiger partial charge in [0.1, 0.15) is 0 Å². The first-order valence-electron chi connectivity index (χ1n) is 7.58. The van der Waals surface area contributed by atoms with Gasteiger partial charge in [0.25, 0.3) is 5.91 Å². The van der Waals surface area contributed by atoms with Crippen molar-refractivity contribution >= 4 is 21.6 Å². The maximum absolute atomic E-state index is 12.0. The van der Waals surface area contributed by atoms with Crippen LogP contribution in [0.25, 0.3) is 0 Å². The van der Waals surface area contributed by atoms with E-state index < -0.39 is 10.0 Å². The highest BCUT2D eigenvalue weighted by atomic mass is 32.2. The molecule has 1 saturated heterocycles. The molecule has 22 heavy (non-hydrogen) atoms. The Morgan fingerprint density at radius 1 is 1.23 bits per heavy atom. The second-order valence-corrected chi connectivity index (χ2v) is 8.87. The van der Waals surface area contributed by atoms with Crippen LogP contribution in [-0.2, 0) is 10.0 Å². The molecule has 0 aliphatic carbocycles. The number of carbonyl (C=O) groups is 1. The van der Waals surface area contributed by atoms with Gasteiger partial charge in [-0.2, -0.15) is 0 Å². The van der Waals surface area contributed by atoms with E-state index in [1.54, 1.807) is 24.3 Å². The van der Waals surface area contributed by atoms with Gasteiger partial charge in [-0.3, -0.25) is 9.10 Å². The average Bonchev–Trinajstić information content (AvgIpc) is 2.77. The number of nitrogens with one attached hydrogen (secondary N) is 1. The zero-order valence-electron chi connectivity index (χ0n) is 13.4. The molecule has 1 amide bonds. The normalized spacial score (nSPS) is 17.5. The molecule has 0 radical (unpaired) electrons. The zero-order valence-corrected chi connectivity index (χ0v) is 14.2. The fraction of sp³-hybridized carbons (Fsp3) is 0.562. The van der Waals surface area contributed by atoms with E-state index >= 15 is 0 Å². The Morgan fingerprint density at radius 3 is 2.36 bits per heavy atom. The first kappa shape index (κ1) is 16.8. The van der Waals surface area contributed by atoms with E-state index in [1.807, 2.05) is 0 Å². The summed E-state index contributed by atoms with van der Waals surface area (Å²) in [7, 11) is -3.17. The zero-order chi connectivity index (χ0) is 16.4. The lowest BCUT2D eigenvalue weighted by Crippen LogP contribution is -2.27. The highest BCUT2D eigenvalue weighted by Crippen LogP contribution is 2.24. The van der Waals surface area contributed by atoms with Gasteiger partial charge >= 0.3 is 0 Å². The molecule has 1 aliphatic rings. The second kappa shape index (κ2) is 6.28. The summed E-state index contributed by atoms with van der Waals surface area (Å²) in [6, 6.07) is 6.74. The molecule has 0 aromatic heterocycles. The Balaban J connectivity index is 1.98. The predicted octanol–water partition coefficient (Wildman–Crippen LogP) is 2.39. The number of amides is 1. The molecule has 0 spiro atoms. The molecule has 6 heteroatoms. The van der Waals surface area contributed by atoms with Gasteiger partial charge < -0.3 is 5.32 Å². The van der Waals surface area contributed by atoms with Crippen molar-refractivity contribution in [2.45, 2.75) is 33.6 Å². The van der Waals surface area contributed by atoms with Crippen molar-refractivity contribution in [3.05, 3.63) is 29.8 Å². The first-order chi connectivity index (χ1) is 10.2. The summed E-state index contributed by atoms with van der Waals surface area (Å²) in [5, 5.41) is 2.89. The van der Waals surface area contributed by atoms with Crippen LogP contribution < -0.4 is 9.62 Å². The number of sulfonamides is 1. The number of benzene rings is 1. The van der Waals surface area contributed by atoms with E-state index in [-0.39, 0.29) is 17.1 Å². The molecule has 2 rings (SSSR count). The highest BCUT2D eigenvalue weighted by molar-refractivity contribution is 7.93. The molecule has 1 aromatic rings. The van der Waals surface area contributed by atoms with Crippen molar-refractivity contribution < 1.29 is 13.2 Å². The van der Waals surface area contributed by atoms with Crippen molar-refractivity contribution in [2.24, 2.45) is 5.41 Å². The third kappa shape index (κ3) is 4.22. The van der Waals surface area contributed by atoms with Gasteiger partial charge in [-0.25, -0.2) is 8.42 Å². The largest absolute Gasteiger partial charge is 0.352 e. The monoisotopic (exact) mass is 324 g/mol. The fourth-order valence-corrected chi connectivity index (χ4v) is 3.93. The third-order valence-corrected chi connectivity index (χ3v) is 5.55. The van der Waals surface area contributed by atoms with Crippen LogP contribution in [0.1, 0.15) is 44.0 Å². The van der Waals surface area contributed by atoms with E-state index in [2.05, 4.69) is 26.1 Å². The Kier molecular flexibility index (Phi) is 4.80. The van der Waals surface area contributed by atoms with Crippen LogP contribution in [-0.4, -0.2) is 33.2 Å². The molecule has 1 aromatic carbocycles. The fourth-order valence-electron chi connectivity index (χ4n) is 2.36. The molecule has 1 aliphatic heterocycles. The summed E-state index contributed by atoms with van der Waals surface area (Å²) in [5.41, 5.74) is 1.36. The van der Waals surface area contributed by atoms with Crippen LogP contribution in [0.2, 0.25) is 0 Å². The summed E-state index contributed by atoms with van der Waals surface area (Å²) >= 11 is 0. The minimum Gasteiger partial charge on any atom is -0.352 e. The Morgan fingerprint density at radius 2 is 1.86 bits per heavy atom. The smallest absolute Gasteiger partial charge is 0.251 e. The molecule has 1 fully saturated rings. The molecule has 0 atom stereocenters. The summed E-state index contributed by atoms with van der Waals surface area (Å²) in [6.45, 7) is 7.53. The van der Waals surface area contributed by atoms with Gasteiger partial charge in [-0.1, -0.05) is 20.8 Å². The standard InChI is InChI=1S/C16H24N2O3S/c1-16(2,3)9-10-17-15(19)13-5-7-14(8-6-13)18-11-4-12-22(18,20)21/h5-8H,4,9-12H2,1-3H3,(H,17,19). The van der Waals surface area contributed by atoms with Crippen molar-refractivity contribution in [1.29, 1.82) is 0 Å². The molecule has 5 nitrogen and oxygen atoms in total. The molecule has 122 valence electrons. The van der Waals surface area contributed by atoms with Crippen LogP contribution in [0.5, 0.6) is 0 Å². The minimum atomic E-state index is -3.17. The van der Waals surface area contributed by atoms with Crippen LogP contribution in [0.4, 0.5) is 5.69 Å². The lowest BCUT2D eigenvalue weighted by Gasteiger charge is -2.18. The van der Waals surface area contributed by atoms with Crippen LogP contribution in [0.15, 0.2) is 24.3 Å². The summed E-state index contributed by atoms with van der Waals surface area (Å²) < 4.78 is 25.1. The van der Waals surface area contributed by atoms with Crippen LogP contribution >= 0.6 is 0 Å². The van der Waals surface area contributed by atoms with Gasteiger partial charge in [0.2, 0.25) is 10.0 Å². The highest BCUT2D eigenvalue weighted by Gasteiger charge is 2.28. The van der Waals surface area contributed by atoms with Crippen LogP contribution in [0.3, 0.4) is 0 Å². The number of hydrogen-bond donors (Lipinski definition) is 1. The molecule has 0 bridgehead atoms. The third-order valence-electron chi connectivity index (χ3n) is 3.68. The van der Waals surface area contributed by atoms with Gasteiger partial charge in [-0.05, 0) is 42.5 Å². The van der Waals surface area contributed by atoms with Crippen molar-refractivity contribution in [3.8, 4) is 0 Å². The van der Waals surface area contributed by atoms with Gasteiger partial charge in [-0.15, -0.1) is 0 Å². The maximum Gasteiger partial charge on any atom is 0.251 e. The van der Waals surface area contributed by atoms with Gasteiger partial charge in [0.15, 0.2) is 0 Å². The Hall–Kier alpha value is -1.56. The van der Waals surface area contributed by atoms with E-state index in [0.29, 0.717) is 30.8 Å². The van der Waals surface area contributed by atoms with Gasteiger partial charge in [0, 0.05) is 18.7 Å². The summed E-state index contributed by atoms with van der Waals surface area (Å²) in [5.74, 6) is 0.0715. The topological polar surface area (TPSA) is 66.5 Å². The summed E-state index contributed by atoms with van der Waals surface area (Å²) in [4.78, 5) is 12.0. The molecule has 1 heterocycles. The molecule has 0 saturated carbocycles. The first-order valence-corrected chi connectivity index (χ1v) is 9.19. The van der Waals surface area contributed by atoms with Crippen LogP contribution in [0, 0.1) is 5.41 Å². The second-order valence-electron chi connectivity index (χ2n) is 6.86. The number of carbonyl (C=O) groups excluding carboxylic acids is 1. The average molecular weight is 324 g/mol. The van der Waals surface area contributed by atoms with Crippen molar-refractivity contribution in [1.82, 2.24) is 5.32 Å². The number of hydrogen-bond acceptors (Lipinski definition) is 3. The predicted molar refractivity (Wildman–Crippen MR) is 88.6 cm³/mol. The SMILES string of the molecule is CC(C)(C)CCNC(=O)c1ccc(N2CCCS2(=O)=O)cc1. The number of rotatable bonds is 4. The van der Waals surface area contributed by atoms with E-state index in [1.165, 1.54) is 4.31 Å². The van der Waals surface area contributed by atoms with E-state index in [9.17, 15) is 13.2 Å². The Bertz CT molecular complexity index is 630. The molecular formula is C16H24N2O3S. The number of nitrogens with zero attached hydrogens (tertiary/aromatic N) is 1. The van der Waals surface area contributed by atoms with Crippen molar-refractivity contribution in [2.75, 3.05) is 23.1 Å². The minimum absolute atomic E-state index is 0.125. The van der Waals surface area contributed by atoms with Crippen molar-refractivity contribution in [3.63, 3.8) is 0 Å². The van der Waals surface area contributed by atoms with E-state index in [4.69, 9.17) is 0 Å². The molecular weight excluding hydrogens is 300 g/mol. The lowest BCUT2D eigenvalue weighted by molar-refractivity contribution is 0.0949. The Labute approximate surface area is 132 Å². The van der Waals surface area contributed by atoms with Gasteiger partial charge in [0.05, 0.1) is 11.4 Å². The molecule has 1 N–H and O–H groups in total.